The van der Waals surface area contributed by atoms with Gasteiger partial charge >= 0.3 is 0 Å². The van der Waals surface area contributed by atoms with Gasteiger partial charge in [-0.15, -0.1) is 0 Å². The van der Waals surface area contributed by atoms with Gasteiger partial charge < -0.3 is 0 Å². The van der Waals surface area contributed by atoms with E-state index >= 15 is 0 Å². The van der Waals surface area contributed by atoms with E-state index in [1.807, 2.05) is 12.4 Å². The second-order valence-electron chi connectivity index (χ2n) is 5.53. The van der Waals surface area contributed by atoms with Gasteiger partial charge in [-0.2, -0.15) is 0 Å². The van der Waals surface area contributed by atoms with Crippen molar-refractivity contribution < 1.29 is 4.57 Å². The third kappa shape index (κ3) is 2.07. The van der Waals surface area contributed by atoms with E-state index < -0.39 is 0 Å². The zero-order valence-corrected chi connectivity index (χ0v) is 12.4. The predicted molar refractivity (Wildman–Crippen MR) is 82.6 cm³/mol. The van der Waals surface area contributed by atoms with Crippen LogP contribution in [0.5, 0.6) is 0 Å². The number of hydrogen-bond donors (Lipinski definition) is 0. The van der Waals surface area contributed by atoms with Crippen LogP contribution in [0.15, 0.2) is 42.9 Å². The first-order valence-electron chi connectivity index (χ1n) is 6.88. The van der Waals surface area contributed by atoms with Gasteiger partial charge in [-0.05, 0) is 49.4 Å². The molecule has 0 bridgehead atoms. The van der Waals surface area contributed by atoms with Crippen LogP contribution in [-0.4, -0.2) is 4.98 Å². The van der Waals surface area contributed by atoms with Crippen molar-refractivity contribution in [1.29, 1.82) is 0 Å². The van der Waals surface area contributed by atoms with Gasteiger partial charge in [0.25, 0.3) is 0 Å². The molecule has 0 aliphatic carbocycles. The molecule has 0 amide bonds. The number of hydrogen-bond acceptors (Lipinski definition) is 1. The SMILES string of the molecule is Cc1cc(C)c(C)c(-c2cc3ccncc3c[n+]2C)c1. The molecule has 2 heteroatoms. The standard InChI is InChI=1S/C18H19N2/c1-12-7-13(2)14(3)17(8-12)18-9-15-5-6-19-10-16(15)11-20(18)4/h5-11H,1-4H3/q+1. The molecular formula is C18H19N2+. The summed E-state index contributed by atoms with van der Waals surface area (Å²) >= 11 is 0. The molecule has 0 aliphatic rings. The van der Waals surface area contributed by atoms with Crippen LogP contribution >= 0.6 is 0 Å². The topological polar surface area (TPSA) is 16.8 Å². The highest BCUT2D eigenvalue weighted by Gasteiger charge is 2.15. The zero-order chi connectivity index (χ0) is 14.3. The molecule has 0 saturated carbocycles. The van der Waals surface area contributed by atoms with Gasteiger partial charge in [0, 0.05) is 24.0 Å². The Balaban J connectivity index is 2.32. The smallest absolute Gasteiger partial charge is 0.213 e. The predicted octanol–water partition coefficient (Wildman–Crippen LogP) is 3.65. The first-order valence-corrected chi connectivity index (χ1v) is 6.88. The van der Waals surface area contributed by atoms with E-state index in [-0.39, 0.29) is 0 Å². The summed E-state index contributed by atoms with van der Waals surface area (Å²) in [5.74, 6) is 0. The normalized spacial score (nSPS) is 11.0. The maximum absolute atomic E-state index is 4.19. The first kappa shape index (κ1) is 12.8. The fourth-order valence-corrected chi connectivity index (χ4v) is 2.76. The Morgan fingerprint density at radius 1 is 1.00 bits per heavy atom. The van der Waals surface area contributed by atoms with Crippen LogP contribution in [0.4, 0.5) is 0 Å². The van der Waals surface area contributed by atoms with Crippen molar-refractivity contribution in [1.82, 2.24) is 4.98 Å². The van der Waals surface area contributed by atoms with Gasteiger partial charge in [-0.1, -0.05) is 11.6 Å². The van der Waals surface area contributed by atoms with E-state index in [0.717, 1.165) is 0 Å². The van der Waals surface area contributed by atoms with Crippen LogP contribution in [0.1, 0.15) is 16.7 Å². The van der Waals surface area contributed by atoms with Crippen LogP contribution in [0.25, 0.3) is 22.0 Å². The molecule has 3 aromatic rings. The number of aromatic nitrogens is 2. The Kier molecular flexibility index (Phi) is 3.01. The maximum atomic E-state index is 4.19. The average molecular weight is 263 g/mol. The molecule has 0 aliphatic heterocycles. The minimum absolute atomic E-state index is 1.17. The van der Waals surface area contributed by atoms with Gasteiger partial charge in [-0.25, -0.2) is 4.57 Å². The Bertz CT molecular complexity index is 804. The lowest BCUT2D eigenvalue weighted by Crippen LogP contribution is -2.30. The number of fused-ring (bicyclic) bond motifs is 1. The van der Waals surface area contributed by atoms with Crippen molar-refractivity contribution in [2.24, 2.45) is 7.05 Å². The molecule has 0 fully saturated rings. The van der Waals surface area contributed by atoms with Crippen molar-refractivity contribution >= 4 is 10.8 Å². The molecule has 2 nitrogen and oxygen atoms in total. The summed E-state index contributed by atoms with van der Waals surface area (Å²) in [4.78, 5) is 4.19. The Morgan fingerprint density at radius 2 is 1.80 bits per heavy atom. The molecule has 0 unspecified atom stereocenters. The highest BCUT2D eigenvalue weighted by atomic mass is 14.9. The Morgan fingerprint density at radius 3 is 2.60 bits per heavy atom. The molecule has 1 aromatic carbocycles. The molecule has 100 valence electrons. The quantitative estimate of drug-likeness (QED) is 0.612. The highest BCUT2D eigenvalue weighted by Crippen LogP contribution is 2.26. The molecule has 3 rings (SSSR count). The van der Waals surface area contributed by atoms with Crippen molar-refractivity contribution in [3.8, 4) is 11.3 Å². The van der Waals surface area contributed by atoms with Crippen molar-refractivity contribution in [2.45, 2.75) is 20.8 Å². The van der Waals surface area contributed by atoms with Crippen LogP contribution in [0.2, 0.25) is 0 Å². The lowest BCUT2D eigenvalue weighted by molar-refractivity contribution is -0.659. The summed E-state index contributed by atoms with van der Waals surface area (Å²) in [5.41, 5.74) is 6.55. The number of benzene rings is 1. The number of pyridine rings is 2. The summed E-state index contributed by atoms with van der Waals surface area (Å²) in [5, 5.41) is 2.40. The van der Waals surface area contributed by atoms with E-state index in [1.54, 1.807) is 0 Å². The van der Waals surface area contributed by atoms with Crippen LogP contribution in [0.3, 0.4) is 0 Å². The summed E-state index contributed by atoms with van der Waals surface area (Å²) in [6, 6.07) is 8.82. The van der Waals surface area contributed by atoms with Crippen molar-refractivity contribution in [2.75, 3.05) is 0 Å². The molecule has 0 radical (unpaired) electrons. The lowest BCUT2D eigenvalue weighted by Gasteiger charge is -2.10. The number of nitrogens with zero attached hydrogens (tertiary/aromatic N) is 2. The highest BCUT2D eigenvalue weighted by molar-refractivity contribution is 5.83. The molecule has 2 heterocycles. The van der Waals surface area contributed by atoms with Crippen LogP contribution in [0, 0.1) is 20.8 Å². The van der Waals surface area contributed by atoms with Crippen molar-refractivity contribution in [3.05, 3.63) is 59.5 Å². The average Bonchev–Trinajstić information content (AvgIpc) is 2.42. The van der Waals surface area contributed by atoms with Gasteiger partial charge in [-0.3, -0.25) is 4.98 Å². The second-order valence-corrected chi connectivity index (χ2v) is 5.53. The summed E-state index contributed by atoms with van der Waals surface area (Å²) in [6.07, 6.45) is 5.91. The Hall–Kier alpha value is -2.22. The summed E-state index contributed by atoms with van der Waals surface area (Å²) in [7, 11) is 2.10. The van der Waals surface area contributed by atoms with E-state index in [9.17, 15) is 0 Å². The van der Waals surface area contributed by atoms with Gasteiger partial charge in [0.1, 0.15) is 7.05 Å². The summed E-state index contributed by atoms with van der Waals surface area (Å²) in [6.45, 7) is 6.53. The van der Waals surface area contributed by atoms with E-state index in [2.05, 4.69) is 67.8 Å². The van der Waals surface area contributed by atoms with E-state index in [1.165, 1.54) is 38.7 Å². The fourth-order valence-electron chi connectivity index (χ4n) is 2.76. The minimum atomic E-state index is 1.17. The van der Waals surface area contributed by atoms with Gasteiger partial charge in [0.15, 0.2) is 6.20 Å². The fraction of sp³-hybridized carbons (Fsp3) is 0.222. The van der Waals surface area contributed by atoms with E-state index in [0.29, 0.717) is 0 Å². The van der Waals surface area contributed by atoms with Gasteiger partial charge in [0.2, 0.25) is 5.69 Å². The molecule has 20 heavy (non-hydrogen) atoms. The molecule has 0 saturated heterocycles. The lowest BCUT2D eigenvalue weighted by atomic mass is 9.96. The molecule has 0 spiro atoms. The third-order valence-corrected chi connectivity index (χ3v) is 3.98. The maximum Gasteiger partial charge on any atom is 0.213 e. The second kappa shape index (κ2) is 4.71. The summed E-state index contributed by atoms with van der Waals surface area (Å²) < 4.78 is 2.19. The number of aryl methyl sites for hydroxylation is 3. The van der Waals surface area contributed by atoms with Crippen LogP contribution in [-0.2, 0) is 7.05 Å². The largest absolute Gasteiger partial charge is 0.264 e. The number of rotatable bonds is 1. The first-order chi connectivity index (χ1) is 9.56. The monoisotopic (exact) mass is 263 g/mol. The third-order valence-electron chi connectivity index (χ3n) is 3.98. The Labute approximate surface area is 119 Å². The van der Waals surface area contributed by atoms with E-state index in [4.69, 9.17) is 0 Å². The zero-order valence-electron chi connectivity index (χ0n) is 12.4. The minimum Gasteiger partial charge on any atom is -0.264 e. The molecule has 0 atom stereocenters. The molecular weight excluding hydrogens is 244 g/mol. The molecule has 2 aromatic heterocycles. The van der Waals surface area contributed by atoms with Crippen molar-refractivity contribution in [3.63, 3.8) is 0 Å². The van der Waals surface area contributed by atoms with Crippen LogP contribution < -0.4 is 4.57 Å². The molecule has 0 N–H and O–H groups in total. The van der Waals surface area contributed by atoms with Gasteiger partial charge in [0.05, 0.1) is 5.39 Å².